The molecule has 1 amide bonds. The molecule has 2 heterocycles. The van der Waals surface area contributed by atoms with Crippen LogP contribution in [0.15, 0.2) is 54.8 Å². The molecule has 0 saturated carbocycles. The minimum Gasteiger partial charge on any atom is -0.449 e. The molecule has 4 rings (SSSR count). The van der Waals surface area contributed by atoms with Gasteiger partial charge in [-0.05, 0) is 77.5 Å². The van der Waals surface area contributed by atoms with Crippen molar-refractivity contribution in [3.63, 3.8) is 0 Å². The first-order valence-corrected chi connectivity index (χ1v) is 12.5. The first-order valence-electron chi connectivity index (χ1n) is 9.69. The maximum atomic E-state index is 12.8. The van der Waals surface area contributed by atoms with Gasteiger partial charge in [0.25, 0.3) is 5.91 Å². The molecule has 1 N–H and O–H groups in total. The molecule has 0 unspecified atom stereocenters. The Morgan fingerprint density at radius 3 is 2.72 bits per heavy atom. The molecule has 0 bridgehead atoms. The van der Waals surface area contributed by atoms with Crippen LogP contribution < -0.4 is 5.32 Å². The lowest BCUT2D eigenvalue weighted by atomic mass is 9.96. The highest BCUT2D eigenvalue weighted by Gasteiger charge is 2.23. The van der Waals surface area contributed by atoms with Crippen molar-refractivity contribution in [3.8, 4) is 12.1 Å². The Morgan fingerprint density at radius 1 is 1.25 bits per heavy atom. The van der Waals surface area contributed by atoms with E-state index in [-0.39, 0.29) is 5.57 Å². The predicted octanol–water partition coefficient (Wildman–Crippen LogP) is 7.20. The number of hydrogen-bond donors (Lipinski definition) is 1. The van der Waals surface area contributed by atoms with E-state index in [1.165, 1.54) is 29.2 Å². The number of aryl methyl sites for hydroxylation is 1. The number of hydrogen-bond acceptors (Lipinski definition) is 6. The number of carbonyl (C=O) groups excluding carboxylic acids is 1. The van der Waals surface area contributed by atoms with Gasteiger partial charge in [0, 0.05) is 20.9 Å². The summed E-state index contributed by atoms with van der Waals surface area (Å²) in [6, 6.07) is 13.2. The van der Waals surface area contributed by atoms with Crippen molar-refractivity contribution in [2.45, 2.75) is 35.7 Å². The van der Waals surface area contributed by atoms with Crippen molar-refractivity contribution < 1.29 is 9.21 Å². The van der Waals surface area contributed by atoms with Gasteiger partial charge in [0.1, 0.15) is 28.5 Å². The zero-order valence-corrected chi connectivity index (χ0v) is 20.6. The Kier molecular flexibility index (Phi) is 7.07. The zero-order chi connectivity index (χ0) is 22.7. The van der Waals surface area contributed by atoms with Crippen molar-refractivity contribution in [2.24, 2.45) is 0 Å². The van der Waals surface area contributed by atoms with Gasteiger partial charge in [-0.3, -0.25) is 4.79 Å². The monoisotopic (exact) mass is 543 g/mol. The quantitative estimate of drug-likeness (QED) is 0.271. The summed E-state index contributed by atoms with van der Waals surface area (Å²) in [6.07, 6.45) is 5.28. The van der Waals surface area contributed by atoms with Crippen molar-refractivity contribution in [2.75, 3.05) is 5.32 Å². The van der Waals surface area contributed by atoms with Crippen molar-refractivity contribution in [1.29, 1.82) is 10.5 Å². The number of halogens is 2. The van der Waals surface area contributed by atoms with E-state index in [2.05, 4.69) is 27.3 Å². The summed E-state index contributed by atoms with van der Waals surface area (Å²) in [6.45, 7) is 0. The topological polar surface area (TPSA) is 89.8 Å². The second-order valence-corrected chi connectivity index (χ2v) is 10.4. The van der Waals surface area contributed by atoms with Crippen LogP contribution in [0.3, 0.4) is 0 Å². The van der Waals surface area contributed by atoms with Crippen molar-refractivity contribution in [1.82, 2.24) is 0 Å². The zero-order valence-electron chi connectivity index (χ0n) is 16.6. The van der Waals surface area contributed by atoms with Crippen LogP contribution in [-0.2, 0) is 17.6 Å². The van der Waals surface area contributed by atoms with E-state index in [4.69, 9.17) is 16.0 Å². The first kappa shape index (κ1) is 22.7. The van der Waals surface area contributed by atoms with Crippen molar-refractivity contribution >= 4 is 67.6 Å². The maximum Gasteiger partial charge on any atom is 0.267 e. The van der Waals surface area contributed by atoms with E-state index in [0.717, 1.165) is 41.0 Å². The van der Waals surface area contributed by atoms with Gasteiger partial charge in [-0.25, -0.2) is 0 Å². The third-order valence-electron chi connectivity index (χ3n) is 4.86. The summed E-state index contributed by atoms with van der Waals surface area (Å²) >= 11 is 12.2. The van der Waals surface area contributed by atoms with Gasteiger partial charge >= 0.3 is 0 Å². The Morgan fingerprint density at radius 2 is 2.00 bits per heavy atom. The standard InChI is InChI=1S/C23H15BrClN3O2S2/c24-19-10-15(30-23(19)31-16-7-5-14(25)6-8-16)9-13(11-26)21(29)28-22-18(12-27)17-3-1-2-4-20(17)32-22/h5-10H,1-4H2,(H,28,29)/b13-9+. The molecular formula is C23H15BrClN3O2S2. The third kappa shape index (κ3) is 4.95. The molecule has 0 saturated heterocycles. The smallest absolute Gasteiger partial charge is 0.267 e. The fourth-order valence-electron chi connectivity index (χ4n) is 3.35. The predicted molar refractivity (Wildman–Crippen MR) is 130 cm³/mol. The number of nitriles is 2. The molecule has 160 valence electrons. The lowest BCUT2D eigenvalue weighted by Crippen LogP contribution is -2.13. The Balaban J connectivity index is 1.54. The summed E-state index contributed by atoms with van der Waals surface area (Å²) in [5.41, 5.74) is 1.43. The molecule has 32 heavy (non-hydrogen) atoms. The van der Waals surface area contributed by atoms with Crippen LogP contribution in [0.25, 0.3) is 6.08 Å². The summed E-state index contributed by atoms with van der Waals surface area (Å²) in [5, 5.41) is 23.6. The molecule has 0 atom stereocenters. The number of nitrogens with zero attached hydrogens (tertiary/aromatic N) is 2. The SMILES string of the molecule is N#C/C(=C\c1cc(Br)c(Sc2ccc(Cl)cc2)o1)C(=O)Nc1sc2c(c1C#N)CCCC2. The van der Waals surface area contributed by atoms with Crippen LogP contribution in [0.4, 0.5) is 5.00 Å². The maximum absolute atomic E-state index is 12.8. The number of furan rings is 1. The molecule has 5 nitrogen and oxygen atoms in total. The number of anilines is 1. The molecular weight excluding hydrogens is 530 g/mol. The normalized spacial score (nSPS) is 13.2. The third-order valence-corrected chi connectivity index (χ3v) is 8.17. The number of amides is 1. The minimum absolute atomic E-state index is 0.107. The molecule has 2 aromatic heterocycles. The second kappa shape index (κ2) is 9.97. The highest BCUT2D eigenvalue weighted by atomic mass is 79.9. The van der Waals surface area contributed by atoms with Gasteiger partial charge in [-0.1, -0.05) is 23.4 Å². The number of rotatable bonds is 5. The van der Waals surface area contributed by atoms with Crippen LogP contribution in [0.2, 0.25) is 5.02 Å². The van der Waals surface area contributed by atoms with Crippen LogP contribution >= 0.6 is 50.6 Å². The van der Waals surface area contributed by atoms with E-state index < -0.39 is 5.91 Å². The van der Waals surface area contributed by atoms with E-state index in [9.17, 15) is 15.3 Å². The van der Waals surface area contributed by atoms with E-state index in [1.807, 2.05) is 18.2 Å². The van der Waals surface area contributed by atoms with E-state index >= 15 is 0 Å². The molecule has 0 fully saturated rings. The average molecular weight is 545 g/mol. The van der Waals surface area contributed by atoms with Gasteiger partial charge in [-0.2, -0.15) is 10.5 Å². The summed E-state index contributed by atoms with van der Waals surface area (Å²) < 4.78 is 6.53. The average Bonchev–Trinajstić information content (AvgIpc) is 3.32. The second-order valence-electron chi connectivity index (χ2n) is 6.99. The summed E-state index contributed by atoms with van der Waals surface area (Å²) in [4.78, 5) is 14.8. The van der Waals surface area contributed by atoms with Gasteiger partial charge < -0.3 is 9.73 Å². The minimum atomic E-state index is -0.568. The van der Waals surface area contributed by atoms with E-state index in [1.54, 1.807) is 18.2 Å². The van der Waals surface area contributed by atoms with Crippen molar-refractivity contribution in [3.05, 3.63) is 67.2 Å². The highest BCUT2D eigenvalue weighted by molar-refractivity contribution is 9.10. The Hall–Kier alpha value is -2.49. The van der Waals surface area contributed by atoms with Crippen LogP contribution in [0.1, 0.15) is 34.6 Å². The number of carbonyl (C=O) groups is 1. The molecule has 9 heteroatoms. The molecule has 0 spiro atoms. The van der Waals surface area contributed by atoms with Crippen LogP contribution in [-0.4, -0.2) is 5.91 Å². The highest BCUT2D eigenvalue weighted by Crippen LogP contribution is 2.39. The molecule has 0 radical (unpaired) electrons. The van der Waals surface area contributed by atoms with Gasteiger partial charge in [0.05, 0.1) is 10.0 Å². The number of benzene rings is 1. The number of nitrogens with one attached hydrogen (secondary N) is 1. The molecule has 1 aliphatic carbocycles. The first-order chi connectivity index (χ1) is 15.5. The molecule has 1 aromatic carbocycles. The number of fused-ring (bicyclic) bond motifs is 1. The fourth-order valence-corrected chi connectivity index (χ4v) is 6.04. The molecule has 0 aliphatic heterocycles. The van der Waals surface area contributed by atoms with Gasteiger partial charge in [-0.15, -0.1) is 11.3 Å². The lowest BCUT2D eigenvalue weighted by molar-refractivity contribution is -0.112. The fraction of sp³-hybridized carbons (Fsp3) is 0.174. The van der Waals surface area contributed by atoms with Crippen LogP contribution in [0.5, 0.6) is 0 Å². The summed E-state index contributed by atoms with van der Waals surface area (Å²) in [5.74, 6) is -0.201. The molecule has 1 aliphatic rings. The van der Waals surface area contributed by atoms with Gasteiger partial charge in [0.2, 0.25) is 0 Å². The van der Waals surface area contributed by atoms with E-state index in [0.29, 0.717) is 30.9 Å². The molecule has 3 aromatic rings. The van der Waals surface area contributed by atoms with Crippen LogP contribution in [0, 0.1) is 22.7 Å². The summed E-state index contributed by atoms with van der Waals surface area (Å²) in [7, 11) is 0. The lowest BCUT2D eigenvalue weighted by Gasteiger charge is -2.09. The Labute approximate surface area is 206 Å². The van der Waals surface area contributed by atoms with Gasteiger partial charge in [0.15, 0.2) is 5.09 Å². The largest absolute Gasteiger partial charge is 0.449 e. The Bertz CT molecular complexity index is 1300. The number of thiophene rings is 1.